The number of hydrogen-bond donors (Lipinski definition) is 1. The zero-order valence-corrected chi connectivity index (χ0v) is 8.68. The van der Waals surface area contributed by atoms with E-state index in [9.17, 15) is 4.79 Å². The Morgan fingerprint density at radius 3 is 2.31 bits per heavy atom. The second-order valence-corrected chi connectivity index (χ2v) is 3.35. The largest absolute Gasteiger partial charge is 0.478 e. The van der Waals surface area contributed by atoms with E-state index in [1.54, 1.807) is 0 Å². The van der Waals surface area contributed by atoms with Gasteiger partial charge in [0.25, 0.3) is 0 Å². The number of carboxylic acid groups (broad SMARTS) is 1. The fourth-order valence-electron chi connectivity index (χ4n) is 1.37. The predicted octanol–water partition coefficient (Wildman–Crippen LogP) is 3.38. The molecule has 0 heterocycles. The molecule has 0 aliphatic carbocycles. The Hall–Kier alpha value is -0.790. The molecule has 2 heteroatoms. The molecule has 0 radical (unpaired) electrons. The third-order valence-electron chi connectivity index (χ3n) is 2.00. The molecule has 1 N–H and O–H groups in total. The minimum atomic E-state index is -0.806. The van der Waals surface area contributed by atoms with Gasteiger partial charge in [-0.25, -0.2) is 4.79 Å². The van der Waals surface area contributed by atoms with E-state index in [2.05, 4.69) is 13.8 Å². The summed E-state index contributed by atoms with van der Waals surface area (Å²) in [7, 11) is 0. The first kappa shape index (κ1) is 12.2. The van der Waals surface area contributed by atoms with E-state index in [1.807, 2.05) is 0 Å². The van der Waals surface area contributed by atoms with Crippen LogP contribution in [0.25, 0.3) is 0 Å². The molecule has 0 fully saturated rings. The van der Waals surface area contributed by atoms with Gasteiger partial charge in [0.05, 0.1) is 0 Å². The Kier molecular flexibility index (Phi) is 7.36. The van der Waals surface area contributed by atoms with Crippen LogP contribution in [0.3, 0.4) is 0 Å². The first-order valence-electron chi connectivity index (χ1n) is 5.13. The molecule has 0 aromatic carbocycles. The SMILES string of the molecule is CCCCCC(=CC(=O)O)CCC. The molecule has 0 rings (SSSR count). The van der Waals surface area contributed by atoms with Crippen molar-refractivity contribution in [3.8, 4) is 0 Å². The molecule has 0 atom stereocenters. The van der Waals surface area contributed by atoms with Crippen molar-refractivity contribution in [1.29, 1.82) is 0 Å². The molecule has 13 heavy (non-hydrogen) atoms. The van der Waals surface area contributed by atoms with Crippen LogP contribution in [0.1, 0.15) is 52.4 Å². The van der Waals surface area contributed by atoms with Gasteiger partial charge in [-0.05, 0) is 19.3 Å². The van der Waals surface area contributed by atoms with Crippen molar-refractivity contribution < 1.29 is 9.90 Å². The van der Waals surface area contributed by atoms with Crippen LogP contribution in [0.15, 0.2) is 11.6 Å². The minimum Gasteiger partial charge on any atom is -0.478 e. The summed E-state index contributed by atoms with van der Waals surface area (Å²) in [5.74, 6) is -0.806. The maximum Gasteiger partial charge on any atom is 0.328 e. The molecule has 0 amide bonds. The molecule has 0 unspecified atom stereocenters. The first-order valence-corrected chi connectivity index (χ1v) is 5.13. The van der Waals surface area contributed by atoms with Gasteiger partial charge < -0.3 is 5.11 Å². The van der Waals surface area contributed by atoms with Gasteiger partial charge in [0, 0.05) is 6.08 Å². The number of unbranched alkanes of at least 4 members (excludes halogenated alkanes) is 2. The highest BCUT2D eigenvalue weighted by atomic mass is 16.4. The Bertz CT molecular complexity index is 171. The number of aliphatic carboxylic acids is 1. The highest BCUT2D eigenvalue weighted by Crippen LogP contribution is 2.14. The van der Waals surface area contributed by atoms with E-state index in [0.29, 0.717) is 0 Å². The first-order chi connectivity index (χ1) is 6.20. The van der Waals surface area contributed by atoms with Gasteiger partial charge in [0.15, 0.2) is 0 Å². The molecule has 0 aromatic heterocycles. The lowest BCUT2D eigenvalue weighted by atomic mass is 10.0. The lowest BCUT2D eigenvalue weighted by molar-refractivity contribution is -0.131. The van der Waals surface area contributed by atoms with E-state index < -0.39 is 5.97 Å². The highest BCUT2D eigenvalue weighted by molar-refractivity contribution is 5.80. The Morgan fingerprint density at radius 1 is 1.15 bits per heavy atom. The number of rotatable bonds is 7. The van der Waals surface area contributed by atoms with Crippen molar-refractivity contribution in [2.75, 3.05) is 0 Å². The van der Waals surface area contributed by atoms with Crippen molar-refractivity contribution in [3.63, 3.8) is 0 Å². The summed E-state index contributed by atoms with van der Waals surface area (Å²) in [6.45, 7) is 4.23. The van der Waals surface area contributed by atoms with Crippen LogP contribution in [0.2, 0.25) is 0 Å². The molecule has 0 aliphatic heterocycles. The molecule has 0 aliphatic rings. The Labute approximate surface area is 80.7 Å². The highest BCUT2D eigenvalue weighted by Gasteiger charge is 1.99. The van der Waals surface area contributed by atoms with Crippen LogP contribution < -0.4 is 0 Å². The summed E-state index contributed by atoms with van der Waals surface area (Å²) >= 11 is 0. The number of allylic oxidation sites excluding steroid dienone is 1. The summed E-state index contributed by atoms with van der Waals surface area (Å²) in [5.41, 5.74) is 1.09. The van der Waals surface area contributed by atoms with E-state index in [-0.39, 0.29) is 0 Å². The molecular formula is C11H20O2. The van der Waals surface area contributed by atoms with Gasteiger partial charge in [-0.1, -0.05) is 38.7 Å². The van der Waals surface area contributed by atoms with Gasteiger partial charge in [-0.3, -0.25) is 0 Å². The Balaban J connectivity index is 3.87. The normalized spacial score (nSPS) is 11.7. The lowest BCUT2D eigenvalue weighted by Gasteiger charge is -2.03. The van der Waals surface area contributed by atoms with E-state index >= 15 is 0 Å². The van der Waals surface area contributed by atoms with E-state index in [0.717, 1.165) is 31.3 Å². The average Bonchev–Trinajstić information content (AvgIpc) is 2.04. The van der Waals surface area contributed by atoms with Gasteiger partial charge in [-0.2, -0.15) is 0 Å². The number of carbonyl (C=O) groups is 1. The van der Waals surface area contributed by atoms with E-state index in [1.165, 1.54) is 18.9 Å². The van der Waals surface area contributed by atoms with Crippen LogP contribution >= 0.6 is 0 Å². The topological polar surface area (TPSA) is 37.3 Å². The molecule has 0 bridgehead atoms. The standard InChI is InChI=1S/C11H20O2/c1-3-5-6-8-10(7-4-2)9-11(12)13/h9H,3-8H2,1-2H3,(H,12,13). The summed E-state index contributed by atoms with van der Waals surface area (Å²) in [4.78, 5) is 10.4. The number of hydrogen-bond acceptors (Lipinski definition) is 1. The van der Waals surface area contributed by atoms with Gasteiger partial charge in [0.2, 0.25) is 0 Å². The quantitative estimate of drug-likeness (QED) is 0.486. The van der Waals surface area contributed by atoms with Crippen molar-refractivity contribution in [3.05, 3.63) is 11.6 Å². The zero-order chi connectivity index (χ0) is 10.1. The van der Waals surface area contributed by atoms with Crippen molar-refractivity contribution in [1.82, 2.24) is 0 Å². The fraction of sp³-hybridized carbons (Fsp3) is 0.727. The van der Waals surface area contributed by atoms with Crippen LogP contribution in [-0.4, -0.2) is 11.1 Å². The Morgan fingerprint density at radius 2 is 1.85 bits per heavy atom. The second-order valence-electron chi connectivity index (χ2n) is 3.35. The fourth-order valence-corrected chi connectivity index (χ4v) is 1.37. The molecule has 2 nitrogen and oxygen atoms in total. The molecule has 0 saturated carbocycles. The van der Waals surface area contributed by atoms with Crippen molar-refractivity contribution >= 4 is 5.97 Å². The van der Waals surface area contributed by atoms with E-state index in [4.69, 9.17) is 5.11 Å². The molecule has 0 aromatic rings. The summed E-state index contributed by atoms with van der Waals surface area (Å²) in [5, 5.41) is 8.59. The van der Waals surface area contributed by atoms with Gasteiger partial charge >= 0.3 is 5.97 Å². The zero-order valence-electron chi connectivity index (χ0n) is 8.68. The maximum atomic E-state index is 10.4. The lowest BCUT2D eigenvalue weighted by Crippen LogP contribution is -1.93. The summed E-state index contributed by atoms with van der Waals surface area (Å²) in [6, 6.07) is 0. The maximum absolute atomic E-state index is 10.4. The van der Waals surface area contributed by atoms with Crippen LogP contribution in [0, 0.1) is 0 Å². The predicted molar refractivity (Wildman–Crippen MR) is 54.8 cm³/mol. The van der Waals surface area contributed by atoms with Crippen LogP contribution in [0.4, 0.5) is 0 Å². The third kappa shape index (κ3) is 7.57. The van der Waals surface area contributed by atoms with Crippen LogP contribution in [0.5, 0.6) is 0 Å². The second kappa shape index (κ2) is 7.84. The minimum absolute atomic E-state index is 0.806. The number of carboxylic acids is 1. The summed E-state index contributed by atoms with van der Waals surface area (Å²) < 4.78 is 0. The third-order valence-corrected chi connectivity index (χ3v) is 2.00. The molecule has 76 valence electrons. The van der Waals surface area contributed by atoms with Crippen molar-refractivity contribution in [2.45, 2.75) is 52.4 Å². The van der Waals surface area contributed by atoms with Crippen LogP contribution in [-0.2, 0) is 4.79 Å². The molecule has 0 saturated heterocycles. The smallest absolute Gasteiger partial charge is 0.328 e. The van der Waals surface area contributed by atoms with Crippen molar-refractivity contribution in [2.24, 2.45) is 0 Å². The molecular weight excluding hydrogens is 164 g/mol. The summed E-state index contributed by atoms with van der Waals surface area (Å²) in [6.07, 6.45) is 7.79. The molecule has 0 spiro atoms. The monoisotopic (exact) mass is 184 g/mol. The van der Waals surface area contributed by atoms with Gasteiger partial charge in [0.1, 0.15) is 0 Å². The van der Waals surface area contributed by atoms with Gasteiger partial charge in [-0.15, -0.1) is 0 Å². The average molecular weight is 184 g/mol.